The van der Waals surface area contributed by atoms with Crippen LogP contribution in [0.15, 0.2) is 53.2 Å². The molecular weight excluding hydrogens is 374 g/mol. The van der Waals surface area contributed by atoms with Gasteiger partial charge in [-0.05, 0) is 67.7 Å². The van der Waals surface area contributed by atoms with Crippen LogP contribution in [0.4, 0.5) is 0 Å². The summed E-state index contributed by atoms with van der Waals surface area (Å²) in [5.74, 6) is -0.676. The van der Waals surface area contributed by atoms with Gasteiger partial charge in [0, 0.05) is 11.8 Å². The highest BCUT2D eigenvalue weighted by Gasteiger charge is 2.14. The summed E-state index contributed by atoms with van der Waals surface area (Å²) in [5.41, 5.74) is 6.34. The maximum absolute atomic E-state index is 11.4. The fraction of sp³-hybridized carbons (Fsp3) is 0.308. The molecule has 0 aliphatic rings. The van der Waals surface area contributed by atoms with Crippen LogP contribution in [0.3, 0.4) is 0 Å². The molecule has 0 fully saturated rings. The SMILES string of the molecule is C/C=C(N=CCC)/C(=C\c1ccc(C(=O)O)c(OC)c1)c1cccc(C)c1C.CC. The summed E-state index contributed by atoms with van der Waals surface area (Å²) in [5, 5.41) is 9.31. The third-order valence-corrected chi connectivity index (χ3v) is 4.62. The fourth-order valence-electron chi connectivity index (χ4n) is 2.96. The maximum Gasteiger partial charge on any atom is 0.339 e. The first kappa shape index (κ1) is 24.9. The zero-order valence-electron chi connectivity index (χ0n) is 19.1. The molecule has 0 radical (unpaired) electrons. The van der Waals surface area contributed by atoms with Gasteiger partial charge in [-0.3, -0.25) is 4.99 Å². The number of carboxylic acid groups (broad SMARTS) is 1. The Morgan fingerprint density at radius 2 is 1.83 bits per heavy atom. The van der Waals surface area contributed by atoms with Gasteiger partial charge in [0.1, 0.15) is 11.3 Å². The van der Waals surface area contributed by atoms with E-state index in [1.165, 1.54) is 18.2 Å². The topological polar surface area (TPSA) is 58.9 Å². The molecule has 0 saturated carbocycles. The van der Waals surface area contributed by atoms with Crippen LogP contribution in [-0.2, 0) is 0 Å². The Morgan fingerprint density at radius 1 is 1.13 bits per heavy atom. The van der Waals surface area contributed by atoms with E-state index < -0.39 is 5.97 Å². The molecule has 0 bridgehead atoms. The molecule has 1 N–H and O–H groups in total. The highest BCUT2D eigenvalue weighted by molar-refractivity contribution is 5.95. The van der Waals surface area contributed by atoms with Crippen molar-refractivity contribution in [2.75, 3.05) is 7.11 Å². The van der Waals surface area contributed by atoms with Gasteiger partial charge in [0.2, 0.25) is 0 Å². The van der Waals surface area contributed by atoms with Gasteiger partial charge in [-0.25, -0.2) is 4.79 Å². The van der Waals surface area contributed by atoms with Gasteiger partial charge in [0.25, 0.3) is 0 Å². The Labute approximate surface area is 180 Å². The summed E-state index contributed by atoms with van der Waals surface area (Å²) in [6.07, 6.45) is 6.75. The summed E-state index contributed by atoms with van der Waals surface area (Å²) >= 11 is 0. The van der Waals surface area contributed by atoms with Crippen molar-refractivity contribution in [1.82, 2.24) is 0 Å². The Bertz CT molecular complexity index is 953. The van der Waals surface area contributed by atoms with Gasteiger partial charge in [0.15, 0.2) is 0 Å². The second-order valence-electron chi connectivity index (χ2n) is 6.46. The molecule has 0 aromatic heterocycles. The summed E-state index contributed by atoms with van der Waals surface area (Å²) in [6, 6.07) is 11.3. The number of aliphatic imine (C=N–C) groups is 1. The van der Waals surface area contributed by atoms with E-state index in [2.05, 4.69) is 31.0 Å². The molecule has 0 saturated heterocycles. The Balaban J connectivity index is 0.00000218. The first-order chi connectivity index (χ1) is 14.4. The zero-order valence-corrected chi connectivity index (χ0v) is 19.1. The van der Waals surface area contributed by atoms with Crippen LogP contribution in [0.2, 0.25) is 0 Å². The molecule has 160 valence electrons. The second-order valence-corrected chi connectivity index (χ2v) is 6.46. The lowest BCUT2D eigenvalue weighted by molar-refractivity contribution is 0.0693. The Kier molecular flexibility index (Phi) is 10.3. The molecule has 0 unspecified atom stereocenters. The normalized spacial score (nSPS) is 11.8. The van der Waals surface area contributed by atoms with E-state index in [1.807, 2.05) is 52.1 Å². The monoisotopic (exact) mass is 407 g/mol. The first-order valence-corrected chi connectivity index (χ1v) is 10.3. The second kappa shape index (κ2) is 12.4. The number of allylic oxidation sites excluding steroid dienone is 2. The molecule has 0 aliphatic carbocycles. The Hall–Kier alpha value is -3.14. The fourth-order valence-corrected chi connectivity index (χ4v) is 2.96. The van der Waals surface area contributed by atoms with E-state index in [1.54, 1.807) is 18.2 Å². The van der Waals surface area contributed by atoms with E-state index in [-0.39, 0.29) is 5.56 Å². The average Bonchev–Trinajstić information content (AvgIpc) is 2.76. The summed E-state index contributed by atoms with van der Waals surface area (Å²) in [4.78, 5) is 16.0. The van der Waals surface area contributed by atoms with Crippen LogP contribution in [-0.4, -0.2) is 24.4 Å². The van der Waals surface area contributed by atoms with Gasteiger partial charge >= 0.3 is 5.97 Å². The van der Waals surface area contributed by atoms with Crippen molar-refractivity contribution in [1.29, 1.82) is 0 Å². The van der Waals surface area contributed by atoms with E-state index in [0.717, 1.165) is 28.8 Å². The van der Waals surface area contributed by atoms with Crippen molar-refractivity contribution >= 4 is 23.8 Å². The molecule has 0 spiro atoms. The van der Waals surface area contributed by atoms with Crippen LogP contribution in [0.5, 0.6) is 5.75 Å². The van der Waals surface area contributed by atoms with Crippen molar-refractivity contribution < 1.29 is 14.6 Å². The number of hydrogen-bond acceptors (Lipinski definition) is 3. The number of carbonyl (C=O) groups is 1. The minimum atomic E-state index is -1.01. The Morgan fingerprint density at radius 3 is 2.40 bits per heavy atom. The quantitative estimate of drug-likeness (QED) is 0.306. The smallest absolute Gasteiger partial charge is 0.339 e. The minimum absolute atomic E-state index is 0.142. The van der Waals surface area contributed by atoms with Gasteiger partial charge in [-0.1, -0.05) is 51.1 Å². The molecular formula is C26H33NO3. The molecule has 0 aliphatic heterocycles. The number of nitrogens with zero attached hydrogens (tertiary/aromatic N) is 1. The predicted molar refractivity (Wildman–Crippen MR) is 128 cm³/mol. The molecule has 2 aromatic carbocycles. The number of benzene rings is 2. The maximum atomic E-state index is 11.4. The number of aryl methyl sites for hydroxylation is 1. The van der Waals surface area contributed by atoms with Crippen molar-refractivity contribution in [2.24, 2.45) is 4.99 Å². The number of hydrogen-bond donors (Lipinski definition) is 1. The van der Waals surface area contributed by atoms with E-state index >= 15 is 0 Å². The number of ether oxygens (including phenoxy) is 1. The third-order valence-electron chi connectivity index (χ3n) is 4.62. The van der Waals surface area contributed by atoms with Gasteiger partial charge in [-0.15, -0.1) is 0 Å². The van der Waals surface area contributed by atoms with Crippen LogP contribution in [0, 0.1) is 13.8 Å². The molecule has 2 rings (SSSR count). The number of carboxylic acids is 1. The standard InChI is InChI=1S/C24H27NO3.C2H6/c1-6-13-25-22(7-2)21(19-10-8-9-16(3)17(19)4)14-18-11-12-20(24(26)27)23(15-18)28-5;1-2/h7-15H,6H2,1-5H3,(H,26,27);1-2H3/b21-14-,22-7-,25-13?;. The van der Waals surface area contributed by atoms with Crippen LogP contribution in [0.1, 0.15) is 66.7 Å². The van der Waals surface area contributed by atoms with E-state index in [4.69, 9.17) is 4.74 Å². The van der Waals surface area contributed by atoms with Gasteiger partial charge < -0.3 is 9.84 Å². The number of rotatable bonds is 7. The third kappa shape index (κ3) is 6.18. The minimum Gasteiger partial charge on any atom is -0.496 e. The summed E-state index contributed by atoms with van der Waals surface area (Å²) < 4.78 is 5.27. The lowest BCUT2D eigenvalue weighted by Crippen LogP contribution is -2.00. The number of methoxy groups -OCH3 is 1. The molecule has 0 heterocycles. The zero-order chi connectivity index (χ0) is 22.7. The summed E-state index contributed by atoms with van der Waals surface area (Å²) in [7, 11) is 1.48. The molecule has 0 amide bonds. The van der Waals surface area contributed by atoms with E-state index in [9.17, 15) is 9.90 Å². The number of aromatic carboxylic acids is 1. The molecule has 30 heavy (non-hydrogen) atoms. The highest BCUT2D eigenvalue weighted by atomic mass is 16.5. The lowest BCUT2D eigenvalue weighted by Gasteiger charge is -2.14. The molecule has 4 heteroatoms. The lowest BCUT2D eigenvalue weighted by atomic mass is 9.93. The van der Waals surface area contributed by atoms with Crippen LogP contribution in [0.25, 0.3) is 11.6 Å². The summed E-state index contributed by atoms with van der Waals surface area (Å²) in [6.45, 7) is 12.2. The first-order valence-electron chi connectivity index (χ1n) is 10.3. The van der Waals surface area contributed by atoms with Crippen LogP contribution < -0.4 is 4.74 Å². The molecule has 4 nitrogen and oxygen atoms in total. The van der Waals surface area contributed by atoms with Crippen molar-refractivity contribution in [3.8, 4) is 5.75 Å². The van der Waals surface area contributed by atoms with Crippen molar-refractivity contribution in [3.05, 3.63) is 76.0 Å². The average molecular weight is 408 g/mol. The van der Waals surface area contributed by atoms with Crippen molar-refractivity contribution in [2.45, 2.75) is 48.0 Å². The van der Waals surface area contributed by atoms with Crippen LogP contribution >= 0.6 is 0 Å². The predicted octanol–water partition coefficient (Wildman–Crippen LogP) is 6.96. The van der Waals surface area contributed by atoms with Crippen molar-refractivity contribution in [3.63, 3.8) is 0 Å². The van der Waals surface area contributed by atoms with Gasteiger partial charge in [0.05, 0.1) is 12.8 Å². The van der Waals surface area contributed by atoms with E-state index in [0.29, 0.717) is 5.75 Å². The molecule has 0 atom stereocenters. The largest absolute Gasteiger partial charge is 0.496 e. The highest BCUT2D eigenvalue weighted by Crippen LogP contribution is 2.32. The molecule has 2 aromatic rings. The van der Waals surface area contributed by atoms with Gasteiger partial charge in [-0.2, -0.15) is 0 Å².